The largest absolute Gasteiger partial charge is 0.369 e. The van der Waals surface area contributed by atoms with Gasteiger partial charge in [0, 0.05) is 31.7 Å². The van der Waals surface area contributed by atoms with E-state index >= 15 is 0 Å². The number of amides is 1. The Morgan fingerprint density at radius 3 is 3.06 bits per heavy atom. The minimum absolute atomic E-state index is 0.0962. The van der Waals surface area contributed by atoms with Gasteiger partial charge >= 0.3 is 0 Å². The zero-order valence-corrected chi connectivity index (χ0v) is 8.94. The molecule has 0 bridgehead atoms. The van der Waals surface area contributed by atoms with Gasteiger partial charge in [0.1, 0.15) is 0 Å². The fourth-order valence-electron chi connectivity index (χ4n) is 1.80. The lowest BCUT2D eigenvalue weighted by Crippen LogP contribution is -2.28. The van der Waals surface area contributed by atoms with E-state index in [1.54, 1.807) is 6.07 Å². The maximum absolute atomic E-state index is 11.2. The maximum Gasteiger partial charge on any atom is 0.221 e. The van der Waals surface area contributed by atoms with E-state index in [4.69, 9.17) is 5.26 Å². The first-order valence-corrected chi connectivity index (χ1v) is 5.31. The highest BCUT2D eigenvalue weighted by Gasteiger charge is 2.13. The van der Waals surface area contributed by atoms with Gasteiger partial charge in [-0.05, 0) is 18.2 Å². The number of nitriles is 1. The number of nitrogens with zero attached hydrogens (tertiary/aromatic N) is 2. The van der Waals surface area contributed by atoms with Crippen molar-refractivity contribution in [2.24, 2.45) is 0 Å². The molecule has 1 aromatic carbocycles. The molecule has 0 saturated carbocycles. The Bertz CT molecular complexity index is 436. The molecular formula is C12H13N3O. The molecule has 16 heavy (non-hydrogen) atoms. The normalized spacial score (nSPS) is 16.2. The third-order valence-electron chi connectivity index (χ3n) is 2.65. The Morgan fingerprint density at radius 2 is 2.25 bits per heavy atom. The highest BCUT2D eigenvalue weighted by atomic mass is 16.1. The van der Waals surface area contributed by atoms with E-state index in [-0.39, 0.29) is 5.91 Å². The zero-order chi connectivity index (χ0) is 11.4. The van der Waals surface area contributed by atoms with Crippen molar-refractivity contribution in [2.45, 2.75) is 6.42 Å². The van der Waals surface area contributed by atoms with Crippen LogP contribution in [0, 0.1) is 11.3 Å². The summed E-state index contributed by atoms with van der Waals surface area (Å²) in [5, 5.41) is 11.7. The SMILES string of the molecule is N#Cc1cccc(N2CCNC(=O)CC2)c1. The first-order valence-electron chi connectivity index (χ1n) is 5.31. The van der Waals surface area contributed by atoms with Gasteiger partial charge in [-0.1, -0.05) is 6.07 Å². The molecule has 0 unspecified atom stereocenters. The van der Waals surface area contributed by atoms with Crippen LogP contribution in [-0.2, 0) is 4.79 Å². The molecule has 1 amide bonds. The summed E-state index contributed by atoms with van der Waals surface area (Å²) < 4.78 is 0. The molecule has 1 saturated heterocycles. The van der Waals surface area contributed by atoms with E-state index in [9.17, 15) is 4.79 Å². The molecular weight excluding hydrogens is 202 g/mol. The summed E-state index contributed by atoms with van der Waals surface area (Å²) in [4.78, 5) is 13.3. The van der Waals surface area contributed by atoms with Gasteiger partial charge in [0.05, 0.1) is 11.6 Å². The summed E-state index contributed by atoms with van der Waals surface area (Å²) in [6, 6.07) is 9.60. The molecule has 4 nitrogen and oxygen atoms in total. The monoisotopic (exact) mass is 215 g/mol. The average molecular weight is 215 g/mol. The summed E-state index contributed by atoms with van der Waals surface area (Å²) in [5.74, 6) is 0.0962. The lowest BCUT2D eigenvalue weighted by Gasteiger charge is -2.21. The van der Waals surface area contributed by atoms with E-state index in [0.29, 0.717) is 25.1 Å². The van der Waals surface area contributed by atoms with Crippen LogP contribution in [0.15, 0.2) is 24.3 Å². The van der Waals surface area contributed by atoms with Crippen molar-refractivity contribution in [2.75, 3.05) is 24.5 Å². The highest BCUT2D eigenvalue weighted by molar-refractivity contribution is 5.77. The van der Waals surface area contributed by atoms with Crippen molar-refractivity contribution in [1.82, 2.24) is 5.32 Å². The van der Waals surface area contributed by atoms with Crippen LogP contribution >= 0.6 is 0 Å². The number of carbonyl (C=O) groups excluding carboxylic acids is 1. The molecule has 1 fully saturated rings. The maximum atomic E-state index is 11.2. The average Bonchev–Trinajstić information content (AvgIpc) is 2.54. The molecule has 0 atom stereocenters. The van der Waals surface area contributed by atoms with Crippen LogP contribution < -0.4 is 10.2 Å². The first-order chi connectivity index (χ1) is 7.79. The van der Waals surface area contributed by atoms with E-state index in [1.807, 2.05) is 18.2 Å². The second-order valence-corrected chi connectivity index (χ2v) is 3.75. The van der Waals surface area contributed by atoms with Crippen LogP contribution in [0.5, 0.6) is 0 Å². The zero-order valence-electron chi connectivity index (χ0n) is 8.94. The van der Waals surface area contributed by atoms with Crippen molar-refractivity contribution < 1.29 is 4.79 Å². The Labute approximate surface area is 94.5 Å². The summed E-state index contributed by atoms with van der Waals surface area (Å²) >= 11 is 0. The summed E-state index contributed by atoms with van der Waals surface area (Å²) in [6.07, 6.45) is 0.511. The first kappa shape index (κ1) is 10.5. The second kappa shape index (κ2) is 4.67. The fraction of sp³-hybridized carbons (Fsp3) is 0.333. The van der Waals surface area contributed by atoms with Crippen LogP contribution in [0.4, 0.5) is 5.69 Å². The number of benzene rings is 1. The molecule has 1 N–H and O–H groups in total. The van der Waals surface area contributed by atoms with Crippen LogP contribution in [0.2, 0.25) is 0 Å². The predicted octanol–water partition coefficient (Wildman–Crippen LogP) is 0.885. The number of rotatable bonds is 1. The number of nitrogens with one attached hydrogen (secondary N) is 1. The van der Waals surface area contributed by atoms with Crippen molar-refractivity contribution in [3.63, 3.8) is 0 Å². The van der Waals surface area contributed by atoms with Gasteiger partial charge in [0.25, 0.3) is 0 Å². The van der Waals surface area contributed by atoms with Crippen molar-refractivity contribution in [1.29, 1.82) is 5.26 Å². The standard InChI is InChI=1S/C12H13N3O/c13-9-10-2-1-3-11(8-10)15-6-4-12(16)14-5-7-15/h1-3,8H,4-7H2,(H,14,16). The summed E-state index contributed by atoms with van der Waals surface area (Å²) in [5.41, 5.74) is 1.66. The van der Waals surface area contributed by atoms with E-state index in [2.05, 4.69) is 16.3 Å². The Kier molecular flexibility index (Phi) is 3.06. The van der Waals surface area contributed by atoms with Crippen LogP contribution in [0.25, 0.3) is 0 Å². The van der Waals surface area contributed by atoms with Crippen molar-refractivity contribution >= 4 is 11.6 Å². The molecule has 1 aliphatic heterocycles. The summed E-state index contributed by atoms with van der Waals surface area (Å²) in [7, 11) is 0. The van der Waals surface area contributed by atoms with Crippen molar-refractivity contribution in [3.8, 4) is 6.07 Å². The Balaban J connectivity index is 2.16. The highest BCUT2D eigenvalue weighted by Crippen LogP contribution is 2.16. The Hall–Kier alpha value is -2.02. The molecule has 4 heteroatoms. The predicted molar refractivity (Wildman–Crippen MR) is 61.0 cm³/mol. The van der Waals surface area contributed by atoms with Gasteiger partial charge in [0.15, 0.2) is 0 Å². The van der Waals surface area contributed by atoms with Gasteiger partial charge < -0.3 is 10.2 Å². The van der Waals surface area contributed by atoms with Gasteiger partial charge in [-0.15, -0.1) is 0 Å². The van der Waals surface area contributed by atoms with Crippen LogP contribution in [0.1, 0.15) is 12.0 Å². The number of hydrogen-bond acceptors (Lipinski definition) is 3. The molecule has 0 aromatic heterocycles. The van der Waals surface area contributed by atoms with Crippen LogP contribution in [-0.4, -0.2) is 25.5 Å². The molecule has 82 valence electrons. The molecule has 1 heterocycles. The minimum atomic E-state index is 0.0962. The van der Waals surface area contributed by atoms with Gasteiger partial charge in [0.2, 0.25) is 5.91 Å². The molecule has 0 aliphatic carbocycles. The van der Waals surface area contributed by atoms with Crippen LogP contribution in [0.3, 0.4) is 0 Å². The lowest BCUT2D eigenvalue weighted by atomic mass is 10.2. The molecule has 0 spiro atoms. The number of carbonyl (C=O) groups is 1. The molecule has 2 rings (SSSR count). The lowest BCUT2D eigenvalue weighted by molar-refractivity contribution is -0.120. The third-order valence-corrected chi connectivity index (χ3v) is 2.65. The number of anilines is 1. The molecule has 1 aliphatic rings. The summed E-state index contributed by atoms with van der Waals surface area (Å²) in [6.45, 7) is 2.16. The van der Waals surface area contributed by atoms with Crippen molar-refractivity contribution in [3.05, 3.63) is 29.8 Å². The van der Waals surface area contributed by atoms with E-state index < -0.39 is 0 Å². The molecule has 1 aromatic rings. The van der Waals surface area contributed by atoms with Gasteiger partial charge in [-0.2, -0.15) is 5.26 Å². The Morgan fingerprint density at radius 1 is 1.38 bits per heavy atom. The molecule has 0 radical (unpaired) electrons. The third kappa shape index (κ3) is 2.31. The quantitative estimate of drug-likeness (QED) is 0.756. The topological polar surface area (TPSA) is 56.1 Å². The number of hydrogen-bond donors (Lipinski definition) is 1. The van der Waals surface area contributed by atoms with E-state index in [0.717, 1.165) is 12.2 Å². The van der Waals surface area contributed by atoms with Gasteiger partial charge in [-0.3, -0.25) is 4.79 Å². The fourth-order valence-corrected chi connectivity index (χ4v) is 1.80. The minimum Gasteiger partial charge on any atom is -0.369 e. The second-order valence-electron chi connectivity index (χ2n) is 3.75. The smallest absolute Gasteiger partial charge is 0.221 e. The van der Waals surface area contributed by atoms with Gasteiger partial charge in [-0.25, -0.2) is 0 Å². The van der Waals surface area contributed by atoms with E-state index in [1.165, 1.54) is 0 Å².